The summed E-state index contributed by atoms with van der Waals surface area (Å²) in [6.07, 6.45) is 3.49. The molecular formula is C12H19F2NO2. The summed E-state index contributed by atoms with van der Waals surface area (Å²) in [4.78, 5) is 10.8. The van der Waals surface area contributed by atoms with Crippen LogP contribution in [0.4, 0.5) is 8.78 Å². The Morgan fingerprint density at radius 3 is 2.71 bits per heavy atom. The van der Waals surface area contributed by atoms with Gasteiger partial charge in [-0.15, -0.1) is 0 Å². The smallest absolute Gasteiger partial charge is 0.377 e. The van der Waals surface area contributed by atoms with Gasteiger partial charge in [-0.25, -0.2) is 4.79 Å². The van der Waals surface area contributed by atoms with Crippen LogP contribution in [0.3, 0.4) is 0 Å². The molecule has 98 valence electrons. The van der Waals surface area contributed by atoms with Gasteiger partial charge in [-0.1, -0.05) is 19.8 Å². The van der Waals surface area contributed by atoms with Gasteiger partial charge in [0.25, 0.3) is 0 Å². The maximum Gasteiger partial charge on any atom is 0.377 e. The van der Waals surface area contributed by atoms with Gasteiger partial charge in [0.1, 0.15) is 6.10 Å². The molecule has 1 N–H and O–H groups in total. The first-order chi connectivity index (χ1) is 8.01. The molecule has 0 aromatic heterocycles. The van der Waals surface area contributed by atoms with E-state index >= 15 is 0 Å². The molecule has 5 heteroatoms. The summed E-state index contributed by atoms with van der Waals surface area (Å²) in [5.41, 5.74) is 0. The Morgan fingerprint density at radius 2 is 2.24 bits per heavy atom. The van der Waals surface area contributed by atoms with Gasteiger partial charge in [0.05, 0.1) is 6.42 Å². The first-order valence-electron chi connectivity index (χ1n) is 6.33. The number of alkyl halides is 2. The Kier molecular flexibility index (Phi) is 3.66. The zero-order chi connectivity index (χ0) is 12.5. The zero-order valence-electron chi connectivity index (χ0n) is 10.0. The number of esters is 1. The van der Waals surface area contributed by atoms with Crippen LogP contribution in [0.2, 0.25) is 0 Å². The minimum Gasteiger partial charge on any atom is -0.456 e. The van der Waals surface area contributed by atoms with Crippen LogP contribution in [0.5, 0.6) is 0 Å². The second-order valence-electron chi connectivity index (χ2n) is 5.13. The summed E-state index contributed by atoms with van der Waals surface area (Å²) >= 11 is 0. The lowest BCUT2D eigenvalue weighted by Gasteiger charge is -2.18. The third-order valence-corrected chi connectivity index (χ3v) is 3.50. The summed E-state index contributed by atoms with van der Waals surface area (Å²) in [5, 5.41) is 3.23. The van der Waals surface area contributed by atoms with Crippen molar-refractivity contribution in [2.75, 3.05) is 6.54 Å². The molecule has 17 heavy (non-hydrogen) atoms. The molecule has 0 spiro atoms. The lowest BCUT2D eigenvalue weighted by atomic mass is 10.1. The molecule has 1 aliphatic carbocycles. The van der Waals surface area contributed by atoms with Crippen LogP contribution in [0.15, 0.2) is 0 Å². The van der Waals surface area contributed by atoms with E-state index in [1.807, 2.05) is 0 Å². The number of hydrogen-bond donors (Lipinski definition) is 1. The van der Waals surface area contributed by atoms with Crippen LogP contribution in [-0.4, -0.2) is 30.6 Å². The Labute approximate surface area is 99.9 Å². The predicted octanol–water partition coefficient (Wildman–Crippen LogP) is 2.11. The first kappa shape index (κ1) is 12.7. The fourth-order valence-electron chi connectivity index (χ4n) is 2.21. The molecule has 2 aliphatic rings. The number of hydrogen-bond acceptors (Lipinski definition) is 3. The number of rotatable bonds is 6. The van der Waals surface area contributed by atoms with Crippen molar-refractivity contribution in [3.8, 4) is 0 Å². The van der Waals surface area contributed by atoms with Crippen LogP contribution in [0.1, 0.15) is 39.0 Å². The fourth-order valence-corrected chi connectivity index (χ4v) is 2.21. The highest BCUT2D eigenvalue weighted by molar-refractivity contribution is 5.79. The Hall–Kier alpha value is -0.710. The van der Waals surface area contributed by atoms with Crippen molar-refractivity contribution in [2.45, 2.75) is 57.1 Å². The van der Waals surface area contributed by atoms with E-state index in [9.17, 15) is 13.6 Å². The topological polar surface area (TPSA) is 38.3 Å². The molecule has 1 saturated carbocycles. The number of halogens is 2. The van der Waals surface area contributed by atoms with Gasteiger partial charge in [0.2, 0.25) is 0 Å². The third-order valence-electron chi connectivity index (χ3n) is 3.50. The van der Waals surface area contributed by atoms with Gasteiger partial charge in [0.15, 0.2) is 0 Å². The Morgan fingerprint density at radius 1 is 1.53 bits per heavy atom. The van der Waals surface area contributed by atoms with Crippen LogP contribution < -0.4 is 5.32 Å². The Bertz CT molecular complexity index is 292. The maximum absolute atomic E-state index is 12.9. The summed E-state index contributed by atoms with van der Waals surface area (Å²) in [7, 11) is 0. The summed E-state index contributed by atoms with van der Waals surface area (Å²) < 4.78 is 30.5. The van der Waals surface area contributed by atoms with Crippen molar-refractivity contribution in [1.29, 1.82) is 0 Å². The van der Waals surface area contributed by atoms with E-state index in [1.165, 1.54) is 12.8 Å². The highest BCUT2D eigenvalue weighted by atomic mass is 19.3. The van der Waals surface area contributed by atoms with E-state index in [0.717, 1.165) is 18.8 Å². The van der Waals surface area contributed by atoms with Crippen molar-refractivity contribution < 1.29 is 18.3 Å². The number of carbonyl (C=O) groups excluding carboxylic acids is 1. The molecule has 0 bridgehead atoms. The molecule has 1 heterocycles. The summed E-state index contributed by atoms with van der Waals surface area (Å²) in [5.74, 6) is -3.86. The van der Waals surface area contributed by atoms with Crippen molar-refractivity contribution >= 4 is 5.97 Å². The SMILES string of the molecule is CCC(CC1CC1)NCC1CC(F)(F)C(=O)O1. The number of ether oxygens (including phenoxy) is 1. The molecule has 0 aromatic carbocycles. The number of nitrogens with one attached hydrogen (secondary N) is 1. The molecule has 2 fully saturated rings. The van der Waals surface area contributed by atoms with Gasteiger partial charge in [-0.05, 0) is 18.8 Å². The van der Waals surface area contributed by atoms with Gasteiger partial charge < -0.3 is 10.1 Å². The van der Waals surface area contributed by atoms with Gasteiger partial charge in [-0.3, -0.25) is 0 Å². The van der Waals surface area contributed by atoms with Crippen molar-refractivity contribution in [2.24, 2.45) is 5.92 Å². The number of carbonyl (C=O) groups is 1. The van der Waals surface area contributed by atoms with E-state index in [0.29, 0.717) is 12.6 Å². The predicted molar refractivity (Wildman–Crippen MR) is 58.9 cm³/mol. The quantitative estimate of drug-likeness (QED) is 0.730. The number of cyclic esters (lactones) is 1. The van der Waals surface area contributed by atoms with Gasteiger partial charge in [-0.2, -0.15) is 8.78 Å². The van der Waals surface area contributed by atoms with E-state index in [-0.39, 0.29) is 0 Å². The molecule has 1 aliphatic heterocycles. The molecule has 0 amide bonds. The van der Waals surface area contributed by atoms with Crippen LogP contribution in [0.25, 0.3) is 0 Å². The van der Waals surface area contributed by atoms with Crippen molar-refractivity contribution in [3.05, 3.63) is 0 Å². The average molecular weight is 247 g/mol. The second-order valence-corrected chi connectivity index (χ2v) is 5.13. The van der Waals surface area contributed by atoms with Gasteiger partial charge >= 0.3 is 11.9 Å². The maximum atomic E-state index is 12.9. The molecular weight excluding hydrogens is 228 g/mol. The largest absolute Gasteiger partial charge is 0.456 e. The monoisotopic (exact) mass is 247 g/mol. The molecule has 3 nitrogen and oxygen atoms in total. The normalized spacial score (nSPS) is 29.1. The zero-order valence-corrected chi connectivity index (χ0v) is 10.0. The summed E-state index contributed by atoms with van der Waals surface area (Å²) in [6.45, 7) is 2.42. The molecule has 2 atom stereocenters. The van der Waals surface area contributed by atoms with E-state index in [2.05, 4.69) is 17.0 Å². The molecule has 0 aromatic rings. The third kappa shape index (κ3) is 3.37. The average Bonchev–Trinajstić information content (AvgIpc) is 3.02. The van der Waals surface area contributed by atoms with E-state index in [4.69, 9.17) is 0 Å². The van der Waals surface area contributed by atoms with Crippen LogP contribution in [-0.2, 0) is 9.53 Å². The lowest BCUT2D eigenvalue weighted by Crippen LogP contribution is -2.35. The molecule has 0 radical (unpaired) electrons. The van der Waals surface area contributed by atoms with Crippen molar-refractivity contribution in [1.82, 2.24) is 5.32 Å². The minimum atomic E-state index is -3.29. The summed E-state index contributed by atoms with van der Waals surface area (Å²) in [6, 6.07) is 0.357. The van der Waals surface area contributed by atoms with E-state index < -0.39 is 24.4 Å². The van der Waals surface area contributed by atoms with Crippen LogP contribution in [0, 0.1) is 5.92 Å². The molecule has 2 unspecified atom stereocenters. The van der Waals surface area contributed by atoms with Crippen molar-refractivity contribution in [3.63, 3.8) is 0 Å². The second kappa shape index (κ2) is 4.88. The molecule has 2 rings (SSSR count). The first-order valence-corrected chi connectivity index (χ1v) is 6.33. The Balaban J connectivity index is 1.72. The van der Waals surface area contributed by atoms with Gasteiger partial charge in [0, 0.05) is 12.6 Å². The minimum absolute atomic E-state index is 0.340. The van der Waals surface area contributed by atoms with Crippen LogP contribution >= 0.6 is 0 Å². The standard InChI is InChI=1S/C12H19F2NO2/c1-2-9(5-8-3-4-8)15-7-10-6-12(13,14)11(16)17-10/h8-10,15H,2-7H2,1H3. The van der Waals surface area contributed by atoms with E-state index in [1.54, 1.807) is 0 Å². The highest BCUT2D eigenvalue weighted by Crippen LogP contribution is 2.34. The molecule has 1 saturated heterocycles. The highest BCUT2D eigenvalue weighted by Gasteiger charge is 2.50. The fraction of sp³-hybridized carbons (Fsp3) is 0.917. The lowest BCUT2D eigenvalue weighted by molar-refractivity contribution is -0.159.